The Labute approximate surface area is 66.8 Å². The van der Waals surface area contributed by atoms with E-state index in [1.165, 1.54) is 13.0 Å². The van der Waals surface area contributed by atoms with Crippen molar-refractivity contribution in [3.8, 4) is 0 Å². The monoisotopic (exact) mass is 178 g/mol. The summed E-state index contributed by atoms with van der Waals surface area (Å²) in [4.78, 5) is 10.5. The van der Waals surface area contributed by atoms with Crippen LogP contribution in [-0.4, -0.2) is 21.0 Å². The van der Waals surface area contributed by atoms with E-state index in [0.717, 1.165) is 0 Å². The second-order valence-corrected chi connectivity index (χ2v) is 2.65. The largest absolute Gasteiger partial charge is 0.462 e. The predicted molar refractivity (Wildman–Crippen MR) is 40.7 cm³/mol. The third kappa shape index (κ3) is 3.18. The summed E-state index contributed by atoms with van der Waals surface area (Å²) in [5, 5.41) is 0. The van der Waals surface area contributed by atoms with Crippen LogP contribution in [0.2, 0.25) is 0 Å². The van der Waals surface area contributed by atoms with Crippen molar-refractivity contribution >= 4 is 16.7 Å². The number of hydrogen-bond donors (Lipinski definition) is 1. The number of ether oxygens (including phenoxy) is 1. The predicted octanol–water partition coefficient (Wildman–Crippen LogP) is 0.0647. The molecule has 0 unspecified atom stereocenters. The molecule has 0 aromatic heterocycles. The molecular weight excluding hydrogens is 168 g/mol. The second kappa shape index (κ2) is 4.90. The first-order valence-electron chi connectivity index (χ1n) is 3.11. The lowest BCUT2D eigenvalue weighted by Crippen LogP contribution is -2.08. The van der Waals surface area contributed by atoms with Crippen molar-refractivity contribution in [3.05, 3.63) is 11.0 Å². The number of carbonyl (C=O) groups excluding carboxylic acids is 1. The maximum absolute atomic E-state index is 10.7. The lowest BCUT2D eigenvalue weighted by atomic mass is 10.5. The maximum Gasteiger partial charge on any atom is 0.349 e. The summed E-state index contributed by atoms with van der Waals surface area (Å²) >= 11 is 0. The smallest absolute Gasteiger partial charge is 0.349 e. The fourth-order valence-corrected chi connectivity index (χ4v) is 0.927. The van der Waals surface area contributed by atoms with E-state index in [4.69, 9.17) is 0 Å². The van der Waals surface area contributed by atoms with Crippen LogP contribution in [0.3, 0.4) is 0 Å². The highest BCUT2D eigenvalue weighted by atomic mass is 32.2. The Hall–Kier alpha value is -0.840. The summed E-state index contributed by atoms with van der Waals surface area (Å²) in [6.07, 6.45) is 1.21. The Morgan fingerprint density at radius 2 is 2.09 bits per heavy atom. The van der Waals surface area contributed by atoms with Crippen molar-refractivity contribution in [1.29, 1.82) is 0 Å². The molecule has 0 saturated carbocycles. The standard InChI is InChI=1S/C6H10O4S/c1-3-5(11(8)9)6(7)10-4-2/h3,11H,4H2,1-2H3. The molecule has 0 aromatic carbocycles. The molecule has 0 aliphatic carbocycles. The third-order valence-corrected chi connectivity index (χ3v) is 1.79. The molecule has 0 aliphatic heterocycles. The van der Waals surface area contributed by atoms with E-state index in [2.05, 4.69) is 4.74 Å². The zero-order valence-corrected chi connectivity index (χ0v) is 7.26. The summed E-state index contributed by atoms with van der Waals surface area (Å²) in [5.41, 5.74) is 0. The molecule has 0 heterocycles. The fourth-order valence-electron chi connectivity index (χ4n) is 0.503. The normalized spacial score (nSPS) is 11.7. The summed E-state index contributed by atoms with van der Waals surface area (Å²) in [5.74, 6) is -0.786. The van der Waals surface area contributed by atoms with Gasteiger partial charge in [0.1, 0.15) is 4.91 Å². The quantitative estimate of drug-likeness (QED) is 0.377. The summed E-state index contributed by atoms with van der Waals surface area (Å²) in [7, 11) is -2.83. The van der Waals surface area contributed by atoms with Crippen LogP contribution < -0.4 is 0 Å². The van der Waals surface area contributed by atoms with Crippen LogP contribution in [0, 0.1) is 0 Å². The Bertz CT molecular complexity index is 231. The molecule has 0 N–H and O–H groups in total. The van der Waals surface area contributed by atoms with Gasteiger partial charge in [0.2, 0.25) is 0 Å². The van der Waals surface area contributed by atoms with Crippen molar-refractivity contribution in [2.75, 3.05) is 6.61 Å². The highest BCUT2D eigenvalue weighted by Crippen LogP contribution is 1.97. The molecule has 0 aliphatic rings. The van der Waals surface area contributed by atoms with Gasteiger partial charge in [0.25, 0.3) is 0 Å². The average molecular weight is 178 g/mol. The maximum atomic E-state index is 10.7. The lowest BCUT2D eigenvalue weighted by Gasteiger charge is -1.97. The van der Waals surface area contributed by atoms with Gasteiger partial charge in [0, 0.05) is 0 Å². The average Bonchev–Trinajstić information content (AvgIpc) is 1.88. The van der Waals surface area contributed by atoms with Crippen LogP contribution in [0.5, 0.6) is 0 Å². The highest BCUT2D eigenvalue weighted by Gasteiger charge is 2.10. The molecule has 0 aromatic rings. The molecule has 4 nitrogen and oxygen atoms in total. The first kappa shape index (κ1) is 10.2. The van der Waals surface area contributed by atoms with Crippen LogP contribution in [0.25, 0.3) is 0 Å². The molecule has 11 heavy (non-hydrogen) atoms. The van der Waals surface area contributed by atoms with Gasteiger partial charge in [-0.2, -0.15) is 0 Å². The van der Waals surface area contributed by atoms with Crippen molar-refractivity contribution in [2.45, 2.75) is 13.8 Å². The first-order chi connectivity index (χ1) is 5.13. The number of thiol groups is 1. The molecular formula is C6H10O4S. The van der Waals surface area contributed by atoms with Crippen molar-refractivity contribution in [3.63, 3.8) is 0 Å². The zero-order valence-electron chi connectivity index (χ0n) is 6.36. The van der Waals surface area contributed by atoms with E-state index in [-0.39, 0.29) is 11.5 Å². The zero-order chi connectivity index (χ0) is 8.85. The minimum absolute atomic E-state index is 0.180. The van der Waals surface area contributed by atoms with Gasteiger partial charge in [-0.05, 0) is 13.8 Å². The van der Waals surface area contributed by atoms with Crippen molar-refractivity contribution in [1.82, 2.24) is 0 Å². The Kier molecular flexibility index (Phi) is 4.52. The van der Waals surface area contributed by atoms with Gasteiger partial charge in [0.05, 0.1) is 6.61 Å². The van der Waals surface area contributed by atoms with Gasteiger partial charge in [-0.15, -0.1) is 0 Å². The van der Waals surface area contributed by atoms with E-state index < -0.39 is 16.7 Å². The first-order valence-corrected chi connectivity index (χ1v) is 4.29. The van der Waals surface area contributed by atoms with Crippen molar-refractivity contribution in [2.24, 2.45) is 0 Å². The third-order valence-electron chi connectivity index (χ3n) is 0.955. The molecule has 0 radical (unpaired) electrons. The molecule has 0 amide bonds. The molecule has 64 valence electrons. The number of rotatable bonds is 3. The van der Waals surface area contributed by atoms with Crippen LogP contribution in [0.15, 0.2) is 11.0 Å². The molecule has 0 fully saturated rings. The minimum Gasteiger partial charge on any atom is -0.462 e. The van der Waals surface area contributed by atoms with Crippen molar-refractivity contribution < 1.29 is 17.9 Å². The van der Waals surface area contributed by atoms with Gasteiger partial charge in [-0.3, -0.25) is 0 Å². The van der Waals surface area contributed by atoms with Gasteiger partial charge >= 0.3 is 5.97 Å². The van der Waals surface area contributed by atoms with Crippen LogP contribution >= 0.6 is 0 Å². The van der Waals surface area contributed by atoms with Crippen LogP contribution in [-0.2, 0) is 20.2 Å². The van der Waals surface area contributed by atoms with E-state index in [9.17, 15) is 13.2 Å². The molecule has 0 bridgehead atoms. The summed E-state index contributed by atoms with van der Waals surface area (Å²) in [6.45, 7) is 3.26. The number of esters is 1. The van der Waals surface area contributed by atoms with Gasteiger partial charge in [-0.1, -0.05) is 6.08 Å². The van der Waals surface area contributed by atoms with Gasteiger partial charge in [-0.25, -0.2) is 13.2 Å². The lowest BCUT2D eigenvalue weighted by molar-refractivity contribution is -0.137. The molecule has 5 heteroatoms. The number of hydrogen-bond acceptors (Lipinski definition) is 4. The fraction of sp³-hybridized carbons (Fsp3) is 0.500. The van der Waals surface area contributed by atoms with E-state index in [0.29, 0.717) is 0 Å². The Balaban J connectivity index is 4.42. The molecule has 0 rings (SSSR count). The van der Waals surface area contributed by atoms with Gasteiger partial charge < -0.3 is 4.74 Å². The summed E-state index contributed by atoms with van der Waals surface area (Å²) < 4.78 is 25.1. The molecule has 0 atom stereocenters. The molecule has 0 saturated heterocycles. The topological polar surface area (TPSA) is 60.4 Å². The van der Waals surface area contributed by atoms with Crippen LogP contribution in [0.4, 0.5) is 0 Å². The summed E-state index contributed by atoms with van der Waals surface area (Å²) in [6, 6.07) is 0. The van der Waals surface area contributed by atoms with E-state index >= 15 is 0 Å². The Morgan fingerprint density at radius 1 is 1.55 bits per heavy atom. The highest BCUT2D eigenvalue weighted by molar-refractivity contribution is 7.78. The Morgan fingerprint density at radius 3 is 2.36 bits per heavy atom. The van der Waals surface area contributed by atoms with Gasteiger partial charge in [0.15, 0.2) is 10.7 Å². The minimum atomic E-state index is -2.83. The second-order valence-electron chi connectivity index (χ2n) is 1.65. The molecule has 0 spiro atoms. The number of allylic oxidation sites excluding steroid dienone is 1. The SMILES string of the molecule is CC=C(C(=O)OCC)[SH](=O)=O. The van der Waals surface area contributed by atoms with Crippen LogP contribution in [0.1, 0.15) is 13.8 Å². The van der Waals surface area contributed by atoms with E-state index in [1.54, 1.807) is 6.92 Å². The number of carbonyl (C=O) groups is 1. The van der Waals surface area contributed by atoms with E-state index in [1.807, 2.05) is 0 Å².